The maximum absolute atomic E-state index is 12.0. The molecular weight excluding hydrogens is 302 g/mol. The summed E-state index contributed by atoms with van der Waals surface area (Å²) in [4.78, 5) is 20.0. The molecule has 5 heteroatoms. The van der Waals surface area contributed by atoms with Crippen molar-refractivity contribution in [2.75, 3.05) is 46.4 Å². The number of aromatic amines is 1. The maximum atomic E-state index is 12.0. The van der Waals surface area contributed by atoms with Crippen molar-refractivity contribution in [2.45, 2.75) is 19.9 Å². The van der Waals surface area contributed by atoms with Gasteiger partial charge >= 0.3 is 0 Å². The van der Waals surface area contributed by atoms with E-state index in [1.807, 2.05) is 13.0 Å². The highest BCUT2D eigenvalue weighted by atomic mass is 16.5. The van der Waals surface area contributed by atoms with Gasteiger partial charge in [-0.05, 0) is 29.5 Å². The molecule has 0 saturated carbocycles. The molecule has 2 heterocycles. The van der Waals surface area contributed by atoms with Crippen LogP contribution in [0.3, 0.4) is 0 Å². The molecule has 5 nitrogen and oxygen atoms in total. The van der Waals surface area contributed by atoms with Gasteiger partial charge in [0.2, 0.25) is 0 Å². The zero-order valence-electron chi connectivity index (χ0n) is 14.7. The third kappa shape index (κ3) is 4.04. The van der Waals surface area contributed by atoms with Gasteiger partial charge in [0.1, 0.15) is 0 Å². The van der Waals surface area contributed by atoms with Gasteiger partial charge in [0.25, 0.3) is 5.56 Å². The first-order chi connectivity index (χ1) is 11.7. The summed E-state index contributed by atoms with van der Waals surface area (Å²) in [6.45, 7) is 9.10. The fraction of sp³-hybridized carbons (Fsp3) is 0.526. The topological polar surface area (TPSA) is 48.6 Å². The summed E-state index contributed by atoms with van der Waals surface area (Å²) in [6, 6.07) is 8.42. The molecule has 1 saturated heterocycles. The van der Waals surface area contributed by atoms with Crippen molar-refractivity contribution in [3.63, 3.8) is 0 Å². The average molecular weight is 329 g/mol. The first kappa shape index (κ1) is 17.1. The monoisotopic (exact) mass is 329 g/mol. The van der Waals surface area contributed by atoms with Crippen LogP contribution >= 0.6 is 0 Å². The molecule has 0 bridgehead atoms. The standard InChI is InChI=1S/C19H27N3O2/c1-3-16-13-17-5-4-15(12-18(17)20-19(16)23)14-22-8-6-21(7-9-22)10-11-24-2/h4-5,12-13H,3,6-11,14H2,1-2H3,(H,20,23). The second-order valence-corrected chi connectivity index (χ2v) is 6.51. The van der Waals surface area contributed by atoms with Gasteiger partial charge < -0.3 is 9.72 Å². The lowest BCUT2D eigenvalue weighted by Gasteiger charge is -2.34. The molecule has 0 aliphatic carbocycles. The highest BCUT2D eigenvalue weighted by Crippen LogP contribution is 2.16. The van der Waals surface area contributed by atoms with Gasteiger partial charge in [-0.2, -0.15) is 0 Å². The minimum atomic E-state index is 0.0360. The first-order valence-electron chi connectivity index (χ1n) is 8.78. The molecule has 1 fully saturated rings. The molecule has 0 amide bonds. The van der Waals surface area contributed by atoms with E-state index in [0.29, 0.717) is 0 Å². The van der Waals surface area contributed by atoms with Crippen LogP contribution in [0.5, 0.6) is 0 Å². The third-order valence-electron chi connectivity index (χ3n) is 4.85. The second kappa shape index (κ2) is 7.92. The number of piperazine rings is 1. The van der Waals surface area contributed by atoms with Gasteiger partial charge in [-0.15, -0.1) is 0 Å². The Morgan fingerprint density at radius 1 is 1.12 bits per heavy atom. The van der Waals surface area contributed by atoms with E-state index >= 15 is 0 Å². The van der Waals surface area contributed by atoms with E-state index in [2.05, 4.69) is 33.0 Å². The van der Waals surface area contributed by atoms with Crippen molar-refractivity contribution < 1.29 is 4.74 Å². The van der Waals surface area contributed by atoms with Gasteiger partial charge in [-0.3, -0.25) is 14.6 Å². The minimum absolute atomic E-state index is 0.0360. The number of nitrogens with zero attached hydrogens (tertiary/aromatic N) is 2. The number of nitrogens with one attached hydrogen (secondary N) is 1. The van der Waals surface area contributed by atoms with Crippen molar-refractivity contribution in [2.24, 2.45) is 0 Å². The van der Waals surface area contributed by atoms with Crippen LogP contribution in [0, 0.1) is 0 Å². The molecule has 0 unspecified atom stereocenters. The van der Waals surface area contributed by atoms with Crippen molar-refractivity contribution >= 4 is 10.9 Å². The molecule has 0 spiro atoms. The summed E-state index contributed by atoms with van der Waals surface area (Å²) < 4.78 is 5.15. The van der Waals surface area contributed by atoms with E-state index in [9.17, 15) is 4.79 Å². The van der Waals surface area contributed by atoms with Crippen molar-refractivity contribution in [3.05, 3.63) is 45.7 Å². The summed E-state index contributed by atoms with van der Waals surface area (Å²) in [6.07, 6.45) is 0.764. The number of H-pyrrole nitrogens is 1. The van der Waals surface area contributed by atoms with Gasteiger partial charge in [0.15, 0.2) is 0 Å². The third-order valence-corrected chi connectivity index (χ3v) is 4.85. The Morgan fingerprint density at radius 3 is 2.58 bits per heavy atom. The van der Waals surface area contributed by atoms with Crippen LogP contribution in [-0.4, -0.2) is 61.2 Å². The van der Waals surface area contributed by atoms with Crippen LogP contribution in [0.4, 0.5) is 0 Å². The molecule has 130 valence electrons. The Morgan fingerprint density at radius 2 is 1.88 bits per heavy atom. The fourth-order valence-electron chi connectivity index (χ4n) is 3.30. The summed E-state index contributed by atoms with van der Waals surface area (Å²) >= 11 is 0. The molecule has 1 aliphatic rings. The quantitative estimate of drug-likeness (QED) is 0.879. The minimum Gasteiger partial charge on any atom is -0.383 e. The number of aryl methyl sites for hydroxylation is 1. The lowest BCUT2D eigenvalue weighted by atomic mass is 10.1. The van der Waals surface area contributed by atoms with Gasteiger partial charge in [-0.1, -0.05) is 19.1 Å². The largest absolute Gasteiger partial charge is 0.383 e. The van der Waals surface area contributed by atoms with Crippen molar-refractivity contribution in [1.82, 2.24) is 14.8 Å². The van der Waals surface area contributed by atoms with E-state index in [0.717, 1.165) is 68.8 Å². The van der Waals surface area contributed by atoms with E-state index in [-0.39, 0.29) is 5.56 Å². The Kier molecular flexibility index (Phi) is 5.66. The zero-order valence-corrected chi connectivity index (χ0v) is 14.7. The summed E-state index contributed by atoms with van der Waals surface area (Å²) in [5, 5.41) is 1.11. The number of hydrogen-bond donors (Lipinski definition) is 1. The molecule has 0 radical (unpaired) electrons. The molecule has 2 aromatic rings. The van der Waals surface area contributed by atoms with E-state index in [1.165, 1.54) is 5.56 Å². The summed E-state index contributed by atoms with van der Waals surface area (Å²) in [5.41, 5.74) is 3.08. The Balaban J connectivity index is 1.65. The molecule has 1 aromatic heterocycles. The van der Waals surface area contributed by atoms with Crippen LogP contribution in [0.25, 0.3) is 10.9 Å². The number of rotatable bonds is 6. The highest BCUT2D eigenvalue weighted by Gasteiger charge is 2.16. The Bertz CT molecular complexity index is 733. The van der Waals surface area contributed by atoms with Gasteiger partial charge in [0, 0.05) is 57.5 Å². The fourth-order valence-corrected chi connectivity index (χ4v) is 3.30. The SMILES string of the molecule is CCc1cc2ccc(CN3CCN(CCOC)CC3)cc2[nH]c1=O. The Labute approximate surface area is 143 Å². The highest BCUT2D eigenvalue weighted by molar-refractivity contribution is 5.79. The molecule has 24 heavy (non-hydrogen) atoms. The van der Waals surface area contributed by atoms with Crippen LogP contribution in [0.2, 0.25) is 0 Å². The van der Waals surface area contributed by atoms with Crippen LogP contribution in [0.15, 0.2) is 29.1 Å². The predicted molar refractivity (Wildman–Crippen MR) is 97.5 cm³/mol. The normalized spacial score (nSPS) is 16.8. The van der Waals surface area contributed by atoms with Crippen LogP contribution < -0.4 is 5.56 Å². The number of hydrogen-bond acceptors (Lipinski definition) is 4. The molecule has 1 aromatic carbocycles. The molecule has 3 rings (SSSR count). The number of pyridine rings is 1. The number of ether oxygens (including phenoxy) is 1. The molecule has 0 atom stereocenters. The van der Waals surface area contributed by atoms with Crippen molar-refractivity contribution in [1.29, 1.82) is 0 Å². The zero-order chi connectivity index (χ0) is 16.9. The van der Waals surface area contributed by atoms with E-state index < -0.39 is 0 Å². The summed E-state index contributed by atoms with van der Waals surface area (Å²) in [5.74, 6) is 0. The molecular formula is C19H27N3O2. The lowest BCUT2D eigenvalue weighted by Crippen LogP contribution is -2.46. The van der Waals surface area contributed by atoms with E-state index in [1.54, 1.807) is 7.11 Å². The van der Waals surface area contributed by atoms with E-state index in [4.69, 9.17) is 4.74 Å². The maximum Gasteiger partial charge on any atom is 0.251 e. The van der Waals surface area contributed by atoms with Crippen molar-refractivity contribution in [3.8, 4) is 0 Å². The smallest absolute Gasteiger partial charge is 0.251 e. The lowest BCUT2D eigenvalue weighted by molar-refractivity contribution is 0.0938. The number of benzene rings is 1. The first-order valence-corrected chi connectivity index (χ1v) is 8.78. The number of methoxy groups -OCH3 is 1. The number of fused-ring (bicyclic) bond motifs is 1. The van der Waals surface area contributed by atoms with Gasteiger partial charge in [-0.25, -0.2) is 0 Å². The molecule has 1 aliphatic heterocycles. The summed E-state index contributed by atoms with van der Waals surface area (Å²) in [7, 11) is 1.75. The predicted octanol–water partition coefficient (Wildman–Crippen LogP) is 1.85. The van der Waals surface area contributed by atoms with Gasteiger partial charge in [0.05, 0.1) is 6.61 Å². The van der Waals surface area contributed by atoms with Crippen LogP contribution in [0.1, 0.15) is 18.1 Å². The Hall–Kier alpha value is -1.69. The van der Waals surface area contributed by atoms with Crippen LogP contribution in [-0.2, 0) is 17.7 Å². The molecule has 1 N–H and O–H groups in total. The average Bonchev–Trinajstić information content (AvgIpc) is 2.60. The number of aromatic nitrogens is 1. The second-order valence-electron chi connectivity index (χ2n) is 6.51.